The topological polar surface area (TPSA) is 12.0 Å². The number of hydrogen-bond acceptors (Lipinski definition) is 2. The van der Waals surface area contributed by atoms with Gasteiger partial charge in [0.2, 0.25) is 0 Å². The third kappa shape index (κ3) is 3.28. The second-order valence-corrected chi connectivity index (χ2v) is 4.93. The zero-order valence-corrected chi connectivity index (χ0v) is 9.86. The first-order valence-corrected chi connectivity index (χ1v) is 5.95. The summed E-state index contributed by atoms with van der Waals surface area (Å²) in [5.41, 5.74) is 0.181. The van der Waals surface area contributed by atoms with Crippen LogP contribution in [0.3, 0.4) is 0 Å². The summed E-state index contributed by atoms with van der Waals surface area (Å²) in [7, 11) is 0. The van der Waals surface area contributed by atoms with Crippen LogP contribution in [0, 0.1) is 5.41 Å². The zero-order chi connectivity index (χ0) is 10.4. The lowest BCUT2D eigenvalue weighted by atomic mass is 9.86. The van der Waals surface area contributed by atoms with Gasteiger partial charge >= 0.3 is 0 Å². The molecule has 1 unspecified atom stereocenters. The fraction of sp³-hybridized carbons (Fsp3) is 0.500. The standard InChI is InChI=1S/C12H19NS/c1-4-12(3,10-13-5-2)9-11-7-6-8-14-11/h4,6-8,13H,1,5,9-10H2,2-3H3. The van der Waals surface area contributed by atoms with Crippen molar-refractivity contribution in [3.05, 3.63) is 35.0 Å². The molecule has 1 N–H and O–H groups in total. The second-order valence-electron chi connectivity index (χ2n) is 3.89. The van der Waals surface area contributed by atoms with Crippen molar-refractivity contribution in [2.24, 2.45) is 5.41 Å². The van der Waals surface area contributed by atoms with E-state index in [1.165, 1.54) is 4.88 Å². The third-order valence-electron chi connectivity index (χ3n) is 2.43. The van der Waals surface area contributed by atoms with Crippen LogP contribution >= 0.6 is 11.3 Å². The quantitative estimate of drug-likeness (QED) is 0.710. The first-order valence-electron chi connectivity index (χ1n) is 5.07. The van der Waals surface area contributed by atoms with Gasteiger partial charge in [0.15, 0.2) is 0 Å². The maximum Gasteiger partial charge on any atom is 0.00542 e. The van der Waals surface area contributed by atoms with Crippen molar-refractivity contribution in [2.75, 3.05) is 13.1 Å². The highest BCUT2D eigenvalue weighted by atomic mass is 32.1. The summed E-state index contributed by atoms with van der Waals surface area (Å²) in [6, 6.07) is 4.30. The Kier molecular flexibility index (Phi) is 4.36. The summed E-state index contributed by atoms with van der Waals surface area (Å²) in [4.78, 5) is 1.44. The van der Waals surface area contributed by atoms with Crippen LogP contribution in [0.15, 0.2) is 30.2 Å². The molecule has 0 aliphatic heterocycles. The van der Waals surface area contributed by atoms with Gasteiger partial charge in [0.05, 0.1) is 0 Å². The fourth-order valence-corrected chi connectivity index (χ4v) is 2.33. The minimum atomic E-state index is 0.181. The maximum absolute atomic E-state index is 3.93. The lowest BCUT2D eigenvalue weighted by molar-refractivity contribution is 0.398. The average Bonchev–Trinajstić information content (AvgIpc) is 2.67. The van der Waals surface area contributed by atoms with E-state index >= 15 is 0 Å². The van der Waals surface area contributed by atoms with Gasteiger partial charge in [0, 0.05) is 16.8 Å². The SMILES string of the molecule is C=CC(C)(CNCC)Cc1cccs1. The molecule has 0 saturated carbocycles. The molecule has 1 rings (SSSR count). The smallest absolute Gasteiger partial charge is 0.00542 e. The van der Waals surface area contributed by atoms with E-state index in [0.29, 0.717) is 0 Å². The van der Waals surface area contributed by atoms with Crippen molar-refractivity contribution in [2.45, 2.75) is 20.3 Å². The highest BCUT2D eigenvalue weighted by molar-refractivity contribution is 7.09. The first-order chi connectivity index (χ1) is 6.70. The third-order valence-corrected chi connectivity index (χ3v) is 3.31. The minimum Gasteiger partial charge on any atom is -0.316 e. The summed E-state index contributed by atoms with van der Waals surface area (Å²) in [5, 5.41) is 5.52. The number of rotatable bonds is 6. The van der Waals surface area contributed by atoms with Crippen LogP contribution in [0.4, 0.5) is 0 Å². The molecule has 14 heavy (non-hydrogen) atoms. The van der Waals surface area contributed by atoms with Crippen LogP contribution in [0.2, 0.25) is 0 Å². The Morgan fingerprint density at radius 3 is 2.93 bits per heavy atom. The zero-order valence-electron chi connectivity index (χ0n) is 9.05. The van der Waals surface area contributed by atoms with Gasteiger partial charge in [0.1, 0.15) is 0 Å². The molecule has 0 aliphatic rings. The van der Waals surface area contributed by atoms with Crippen molar-refractivity contribution >= 4 is 11.3 Å². The summed E-state index contributed by atoms with van der Waals surface area (Å²) in [5.74, 6) is 0. The maximum atomic E-state index is 3.93. The van der Waals surface area contributed by atoms with Crippen LogP contribution in [0.1, 0.15) is 18.7 Å². The van der Waals surface area contributed by atoms with E-state index in [1.807, 2.05) is 11.3 Å². The molecule has 1 heterocycles. The molecule has 1 nitrogen and oxygen atoms in total. The molecule has 0 aliphatic carbocycles. The molecule has 0 fully saturated rings. The summed E-state index contributed by atoms with van der Waals surface area (Å²) in [6.07, 6.45) is 3.15. The molecule has 0 saturated heterocycles. The van der Waals surface area contributed by atoms with E-state index in [9.17, 15) is 0 Å². The van der Waals surface area contributed by atoms with Crippen molar-refractivity contribution in [3.63, 3.8) is 0 Å². The summed E-state index contributed by atoms with van der Waals surface area (Å²) >= 11 is 1.82. The van der Waals surface area contributed by atoms with Gasteiger partial charge in [0.25, 0.3) is 0 Å². The molecule has 1 aromatic rings. The summed E-state index contributed by atoms with van der Waals surface area (Å²) < 4.78 is 0. The van der Waals surface area contributed by atoms with E-state index in [4.69, 9.17) is 0 Å². The lowest BCUT2D eigenvalue weighted by Gasteiger charge is -2.25. The van der Waals surface area contributed by atoms with Crippen LogP contribution < -0.4 is 5.32 Å². The van der Waals surface area contributed by atoms with Gasteiger partial charge < -0.3 is 5.32 Å². The Bertz CT molecular complexity index is 266. The normalized spacial score (nSPS) is 15.0. The van der Waals surface area contributed by atoms with E-state index in [0.717, 1.165) is 19.5 Å². The second kappa shape index (κ2) is 5.32. The fourth-order valence-electron chi connectivity index (χ4n) is 1.43. The van der Waals surface area contributed by atoms with Crippen molar-refractivity contribution in [1.29, 1.82) is 0 Å². The van der Waals surface area contributed by atoms with Gasteiger partial charge in [-0.1, -0.05) is 26.0 Å². The molecular weight excluding hydrogens is 190 g/mol. The van der Waals surface area contributed by atoms with Crippen LogP contribution in [0.25, 0.3) is 0 Å². The van der Waals surface area contributed by atoms with E-state index in [-0.39, 0.29) is 5.41 Å². The monoisotopic (exact) mass is 209 g/mol. The van der Waals surface area contributed by atoms with Crippen LogP contribution in [-0.4, -0.2) is 13.1 Å². The molecule has 1 atom stereocenters. The Balaban J connectivity index is 2.56. The van der Waals surface area contributed by atoms with Crippen LogP contribution in [-0.2, 0) is 6.42 Å². The largest absolute Gasteiger partial charge is 0.316 e. The Labute approximate surface area is 90.9 Å². The highest BCUT2D eigenvalue weighted by Crippen LogP contribution is 2.25. The molecule has 0 amide bonds. The van der Waals surface area contributed by atoms with E-state index in [1.54, 1.807) is 0 Å². The van der Waals surface area contributed by atoms with Crippen molar-refractivity contribution < 1.29 is 0 Å². The van der Waals surface area contributed by atoms with Crippen molar-refractivity contribution in [1.82, 2.24) is 5.32 Å². The predicted octanol–water partition coefficient (Wildman–Crippen LogP) is 3.09. The molecular formula is C12H19NS. The first kappa shape index (κ1) is 11.5. The summed E-state index contributed by atoms with van der Waals surface area (Å²) in [6.45, 7) is 10.3. The Hall–Kier alpha value is -0.600. The molecule has 1 aromatic heterocycles. The average molecular weight is 209 g/mol. The van der Waals surface area contributed by atoms with Gasteiger partial charge in [-0.3, -0.25) is 0 Å². The van der Waals surface area contributed by atoms with Gasteiger partial charge in [-0.2, -0.15) is 0 Å². The van der Waals surface area contributed by atoms with E-state index in [2.05, 4.69) is 49.3 Å². The Morgan fingerprint density at radius 2 is 2.43 bits per heavy atom. The predicted molar refractivity (Wildman–Crippen MR) is 64.9 cm³/mol. The highest BCUT2D eigenvalue weighted by Gasteiger charge is 2.20. The van der Waals surface area contributed by atoms with Gasteiger partial charge in [-0.15, -0.1) is 17.9 Å². The molecule has 78 valence electrons. The van der Waals surface area contributed by atoms with Crippen molar-refractivity contribution in [3.8, 4) is 0 Å². The molecule has 0 bridgehead atoms. The minimum absolute atomic E-state index is 0.181. The van der Waals surface area contributed by atoms with Gasteiger partial charge in [-0.05, 0) is 24.4 Å². The number of nitrogens with one attached hydrogen (secondary N) is 1. The molecule has 0 spiro atoms. The van der Waals surface area contributed by atoms with Gasteiger partial charge in [-0.25, -0.2) is 0 Å². The molecule has 2 heteroatoms. The lowest BCUT2D eigenvalue weighted by Crippen LogP contribution is -2.31. The number of hydrogen-bond donors (Lipinski definition) is 1. The van der Waals surface area contributed by atoms with Crippen LogP contribution in [0.5, 0.6) is 0 Å². The Morgan fingerprint density at radius 1 is 1.64 bits per heavy atom. The molecule has 0 radical (unpaired) electrons. The molecule has 0 aromatic carbocycles. The van der Waals surface area contributed by atoms with E-state index < -0.39 is 0 Å². The number of thiophene rings is 1.